The molecule has 2 atom stereocenters. The van der Waals surface area contributed by atoms with Crippen LogP contribution in [0.3, 0.4) is 0 Å². The standard InChI is InChI=1S/C23H29N3O2/c1-3-22(27)26(19-12-8-5-9-13-19)20-14-15-25(2)21(16-20)23(28)24-17-18-10-6-4-7-11-18/h4-13,20-21H,3,14-17H2,1-2H3,(H,24,28)/t20-,21-/m1/s1. The van der Waals surface area contributed by atoms with E-state index in [1.54, 1.807) is 0 Å². The summed E-state index contributed by atoms with van der Waals surface area (Å²) in [5, 5.41) is 3.06. The molecule has 0 saturated carbocycles. The van der Waals surface area contributed by atoms with Gasteiger partial charge in [0.05, 0.1) is 6.04 Å². The maximum atomic E-state index is 12.9. The second-order valence-corrected chi connectivity index (χ2v) is 7.33. The smallest absolute Gasteiger partial charge is 0.237 e. The fraction of sp³-hybridized carbons (Fsp3) is 0.391. The first kappa shape index (κ1) is 20.1. The molecule has 2 aromatic rings. The molecular formula is C23H29N3O2. The third-order valence-corrected chi connectivity index (χ3v) is 5.43. The van der Waals surface area contributed by atoms with Gasteiger partial charge in [0.25, 0.3) is 0 Å². The molecule has 148 valence electrons. The van der Waals surface area contributed by atoms with Crippen LogP contribution in [0.2, 0.25) is 0 Å². The van der Waals surface area contributed by atoms with E-state index in [4.69, 9.17) is 0 Å². The minimum absolute atomic E-state index is 0.0213. The average Bonchev–Trinajstić information content (AvgIpc) is 2.74. The monoisotopic (exact) mass is 379 g/mol. The molecule has 1 aliphatic heterocycles. The van der Waals surface area contributed by atoms with Gasteiger partial charge in [0.2, 0.25) is 11.8 Å². The lowest BCUT2D eigenvalue weighted by atomic mass is 9.94. The highest BCUT2D eigenvalue weighted by atomic mass is 16.2. The number of carbonyl (C=O) groups excluding carboxylic acids is 2. The van der Waals surface area contributed by atoms with Gasteiger partial charge in [-0.15, -0.1) is 0 Å². The van der Waals surface area contributed by atoms with Crippen molar-refractivity contribution in [3.05, 3.63) is 66.2 Å². The summed E-state index contributed by atoms with van der Waals surface area (Å²) in [5.74, 6) is 0.122. The van der Waals surface area contributed by atoms with E-state index < -0.39 is 0 Å². The molecule has 0 spiro atoms. The molecular weight excluding hydrogens is 350 g/mol. The van der Waals surface area contributed by atoms with Crippen LogP contribution in [0.25, 0.3) is 0 Å². The molecule has 0 aliphatic carbocycles. The molecule has 28 heavy (non-hydrogen) atoms. The summed E-state index contributed by atoms with van der Waals surface area (Å²) in [4.78, 5) is 29.5. The van der Waals surface area contributed by atoms with Gasteiger partial charge in [-0.25, -0.2) is 0 Å². The van der Waals surface area contributed by atoms with Crippen LogP contribution < -0.4 is 10.2 Å². The number of piperidine rings is 1. The van der Waals surface area contributed by atoms with Crippen molar-refractivity contribution in [3.63, 3.8) is 0 Å². The van der Waals surface area contributed by atoms with Gasteiger partial charge in [0.15, 0.2) is 0 Å². The van der Waals surface area contributed by atoms with Gasteiger partial charge in [0.1, 0.15) is 0 Å². The summed E-state index contributed by atoms with van der Waals surface area (Å²) in [6.07, 6.45) is 1.95. The molecule has 0 bridgehead atoms. The highest BCUT2D eigenvalue weighted by molar-refractivity contribution is 5.94. The predicted octanol–water partition coefficient (Wildman–Crippen LogP) is 3.21. The van der Waals surface area contributed by atoms with Crippen molar-refractivity contribution >= 4 is 17.5 Å². The van der Waals surface area contributed by atoms with E-state index >= 15 is 0 Å². The third kappa shape index (κ3) is 4.78. The molecule has 0 unspecified atom stereocenters. The number of nitrogens with one attached hydrogen (secondary N) is 1. The first-order chi connectivity index (χ1) is 13.6. The van der Waals surface area contributed by atoms with Crippen molar-refractivity contribution in [1.82, 2.24) is 10.2 Å². The number of nitrogens with zero attached hydrogens (tertiary/aromatic N) is 2. The lowest BCUT2D eigenvalue weighted by molar-refractivity contribution is -0.128. The SMILES string of the molecule is CCC(=O)N(c1ccccc1)[C@@H]1CCN(C)[C@@H](C(=O)NCc2ccccc2)C1. The van der Waals surface area contributed by atoms with Crippen molar-refractivity contribution in [2.24, 2.45) is 0 Å². The Bertz CT molecular complexity index is 779. The first-order valence-corrected chi connectivity index (χ1v) is 9.99. The number of para-hydroxylation sites is 1. The highest BCUT2D eigenvalue weighted by Gasteiger charge is 2.35. The molecule has 1 aliphatic rings. The molecule has 0 radical (unpaired) electrons. The zero-order chi connectivity index (χ0) is 19.9. The van der Waals surface area contributed by atoms with Crippen molar-refractivity contribution in [2.75, 3.05) is 18.5 Å². The van der Waals surface area contributed by atoms with Crippen LogP contribution in [-0.2, 0) is 16.1 Å². The zero-order valence-corrected chi connectivity index (χ0v) is 16.7. The Labute approximate surface area is 167 Å². The van der Waals surface area contributed by atoms with E-state index in [-0.39, 0.29) is 23.9 Å². The Morgan fingerprint density at radius 3 is 2.36 bits per heavy atom. The maximum absolute atomic E-state index is 12.9. The van der Waals surface area contributed by atoms with Crippen molar-refractivity contribution in [1.29, 1.82) is 0 Å². The molecule has 1 fully saturated rings. The topological polar surface area (TPSA) is 52.7 Å². The average molecular weight is 380 g/mol. The van der Waals surface area contributed by atoms with Gasteiger partial charge in [-0.3, -0.25) is 14.5 Å². The summed E-state index contributed by atoms with van der Waals surface area (Å²) < 4.78 is 0. The molecule has 5 heteroatoms. The van der Waals surface area contributed by atoms with Gasteiger partial charge >= 0.3 is 0 Å². The number of rotatable bonds is 6. The lowest BCUT2D eigenvalue weighted by Crippen LogP contribution is -2.55. The van der Waals surface area contributed by atoms with Gasteiger partial charge < -0.3 is 10.2 Å². The quantitative estimate of drug-likeness (QED) is 0.839. The third-order valence-electron chi connectivity index (χ3n) is 5.43. The van der Waals surface area contributed by atoms with E-state index in [2.05, 4.69) is 10.2 Å². The number of amides is 2. The summed E-state index contributed by atoms with van der Waals surface area (Å²) >= 11 is 0. The Kier molecular flexibility index (Phi) is 6.82. The number of benzene rings is 2. The number of likely N-dealkylation sites (N-methyl/N-ethyl adjacent to an activating group) is 1. The largest absolute Gasteiger partial charge is 0.351 e. The Balaban J connectivity index is 1.71. The number of hydrogen-bond acceptors (Lipinski definition) is 3. The number of hydrogen-bond donors (Lipinski definition) is 1. The Hall–Kier alpha value is -2.66. The maximum Gasteiger partial charge on any atom is 0.237 e. The number of likely N-dealkylation sites (tertiary alicyclic amines) is 1. The van der Waals surface area contributed by atoms with Crippen LogP contribution in [0.15, 0.2) is 60.7 Å². The van der Waals surface area contributed by atoms with Gasteiger partial charge in [-0.05, 0) is 37.6 Å². The summed E-state index contributed by atoms with van der Waals surface area (Å²) in [6.45, 7) is 3.19. The minimum Gasteiger partial charge on any atom is -0.351 e. The van der Waals surface area contributed by atoms with Crippen LogP contribution in [0.1, 0.15) is 31.7 Å². The molecule has 2 aromatic carbocycles. The zero-order valence-electron chi connectivity index (χ0n) is 16.7. The molecule has 3 rings (SSSR count). The molecule has 5 nitrogen and oxygen atoms in total. The molecule has 0 aromatic heterocycles. The second-order valence-electron chi connectivity index (χ2n) is 7.33. The van der Waals surface area contributed by atoms with E-state index in [1.807, 2.05) is 79.5 Å². The predicted molar refractivity (Wildman–Crippen MR) is 112 cm³/mol. The summed E-state index contributed by atoms with van der Waals surface area (Å²) in [5.41, 5.74) is 1.99. The highest BCUT2D eigenvalue weighted by Crippen LogP contribution is 2.27. The van der Waals surface area contributed by atoms with Crippen LogP contribution >= 0.6 is 0 Å². The van der Waals surface area contributed by atoms with Gasteiger partial charge in [-0.1, -0.05) is 55.5 Å². The summed E-state index contributed by atoms with van der Waals surface area (Å²) in [6, 6.07) is 19.5. The van der Waals surface area contributed by atoms with Crippen LogP contribution in [-0.4, -0.2) is 42.4 Å². The molecule has 1 heterocycles. The van der Waals surface area contributed by atoms with Gasteiger partial charge in [0, 0.05) is 31.2 Å². The number of anilines is 1. The molecule has 1 N–H and O–H groups in total. The van der Waals surface area contributed by atoms with Gasteiger partial charge in [-0.2, -0.15) is 0 Å². The Morgan fingerprint density at radius 2 is 1.71 bits per heavy atom. The van der Waals surface area contributed by atoms with E-state index in [0.717, 1.165) is 24.2 Å². The second kappa shape index (κ2) is 9.51. The molecule has 2 amide bonds. The Morgan fingerprint density at radius 1 is 1.07 bits per heavy atom. The van der Waals surface area contributed by atoms with E-state index in [9.17, 15) is 9.59 Å². The fourth-order valence-corrected chi connectivity index (χ4v) is 3.83. The fourth-order valence-electron chi connectivity index (χ4n) is 3.83. The molecule has 1 saturated heterocycles. The summed E-state index contributed by atoms with van der Waals surface area (Å²) in [7, 11) is 1.98. The van der Waals surface area contributed by atoms with Crippen molar-refractivity contribution in [3.8, 4) is 0 Å². The number of carbonyl (C=O) groups is 2. The normalized spacial score (nSPS) is 19.8. The van der Waals surface area contributed by atoms with Crippen molar-refractivity contribution in [2.45, 2.75) is 44.8 Å². The minimum atomic E-state index is -0.238. The van der Waals surface area contributed by atoms with Crippen molar-refractivity contribution < 1.29 is 9.59 Å². The van der Waals surface area contributed by atoms with Crippen LogP contribution in [0.5, 0.6) is 0 Å². The van der Waals surface area contributed by atoms with Crippen LogP contribution in [0, 0.1) is 0 Å². The first-order valence-electron chi connectivity index (χ1n) is 9.99. The van der Waals surface area contributed by atoms with E-state index in [1.165, 1.54) is 0 Å². The lowest BCUT2D eigenvalue weighted by Gasteiger charge is -2.41. The van der Waals surface area contributed by atoms with Crippen LogP contribution in [0.4, 0.5) is 5.69 Å². The van der Waals surface area contributed by atoms with E-state index in [0.29, 0.717) is 19.4 Å².